The molecule has 136 valence electrons. The van der Waals surface area contributed by atoms with E-state index in [9.17, 15) is 18.8 Å². The van der Waals surface area contributed by atoms with Gasteiger partial charge in [0.05, 0.1) is 30.0 Å². The third kappa shape index (κ3) is 3.51. The van der Waals surface area contributed by atoms with Crippen molar-refractivity contribution in [1.29, 1.82) is 0 Å². The average Bonchev–Trinajstić information content (AvgIpc) is 3.20. The Balaban J connectivity index is 1.77. The summed E-state index contributed by atoms with van der Waals surface area (Å²) in [7, 11) is 0. The zero-order chi connectivity index (χ0) is 18.8. The molecule has 1 aromatic heterocycles. The fourth-order valence-corrected chi connectivity index (χ4v) is 2.66. The van der Waals surface area contributed by atoms with E-state index in [1.54, 1.807) is 6.07 Å². The lowest BCUT2D eigenvalue weighted by Gasteiger charge is -2.14. The molecule has 1 atom stereocenters. The van der Waals surface area contributed by atoms with Gasteiger partial charge in [0.2, 0.25) is 11.8 Å². The number of nitrogens with one attached hydrogen (secondary N) is 1. The van der Waals surface area contributed by atoms with E-state index in [-0.39, 0.29) is 30.2 Å². The zero-order valence-corrected chi connectivity index (χ0v) is 13.9. The predicted octanol–water partition coefficient (Wildman–Crippen LogP) is 1.18. The van der Waals surface area contributed by atoms with E-state index in [1.807, 2.05) is 0 Å². The number of nitrogens with two attached hydrogens (primary N) is 1. The van der Waals surface area contributed by atoms with Crippen molar-refractivity contribution in [1.82, 2.24) is 9.88 Å². The fourth-order valence-electron chi connectivity index (χ4n) is 2.66. The summed E-state index contributed by atoms with van der Waals surface area (Å²) in [4.78, 5) is 35.4. The van der Waals surface area contributed by atoms with Crippen LogP contribution in [0.1, 0.15) is 17.3 Å². The molecule has 0 unspecified atom stereocenters. The molecule has 3 rings (SSSR count). The van der Waals surface area contributed by atoms with Gasteiger partial charge >= 0.3 is 6.09 Å². The van der Waals surface area contributed by atoms with Crippen LogP contribution in [0.15, 0.2) is 36.7 Å². The highest BCUT2D eigenvalue weighted by atomic mass is 19.1. The summed E-state index contributed by atoms with van der Waals surface area (Å²) in [5.74, 6) is -1.41. The van der Waals surface area contributed by atoms with Crippen LogP contribution in [0.5, 0.6) is 0 Å². The van der Waals surface area contributed by atoms with Gasteiger partial charge < -0.3 is 20.4 Å². The smallest absolute Gasteiger partial charge is 0.414 e. The molecule has 8 nitrogen and oxygen atoms in total. The first-order valence-corrected chi connectivity index (χ1v) is 7.85. The summed E-state index contributed by atoms with van der Waals surface area (Å²) >= 11 is 0. The van der Waals surface area contributed by atoms with E-state index in [4.69, 9.17) is 10.5 Å². The minimum atomic E-state index is -0.607. The van der Waals surface area contributed by atoms with Crippen LogP contribution in [0, 0.1) is 5.82 Å². The number of ether oxygens (including phenoxy) is 1. The number of carbonyl (C=O) groups is 3. The van der Waals surface area contributed by atoms with Gasteiger partial charge in [-0.25, -0.2) is 9.18 Å². The summed E-state index contributed by atoms with van der Waals surface area (Å²) < 4.78 is 21.1. The van der Waals surface area contributed by atoms with Gasteiger partial charge in [0.25, 0.3) is 0 Å². The Morgan fingerprint density at radius 3 is 2.77 bits per heavy atom. The molecule has 1 aliphatic rings. The lowest BCUT2D eigenvalue weighted by Crippen LogP contribution is -2.33. The maximum absolute atomic E-state index is 14.5. The summed E-state index contributed by atoms with van der Waals surface area (Å²) in [5.41, 5.74) is 6.00. The van der Waals surface area contributed by atoms with E-state index in [1.165, 1.54) is 47.0 Å². The quantitative estimate of drug-likeness (QED) is 0.835. The van der Waals surface area contributed by atoms with Crippen molar-refractivity contribution in [2.75, 3.05) is 18.0 Å². The summed E-state index contributed by atoms with van der Waals surface area (Å²) in [6.45, 7) is 1.76. The van der Waals surface area contributed by atoms with Crippen LogP contribution in [0.25, 0.3) is 5.69 Å². The molecule has 0 bridgehead atoms. The lowest BCUT2D eigenvalue weighted by molar-refractivity contribution is -0.119. The van der Waals surface area contributed by atoms with Crippen molar-refractivity contribution in [2.24, 2.45) is 5.73 Å². The van der Waals surface area contributed by atoms with Crippen LogP contribution < -0.4 is 16.0 Å². The molecule has 1 saturated heterocycles. The monoisotopic (exact) mass is 360 g/mol. The van der Waals surface area contributed by atoms with Crippen LogP contribution in [0.3, 0.4) is 0 Å². The highest BCUT2D eigenvalue weighted by Gasteiger charge is 2.32. The first kappa shape index (κ1) is 17.5. The van der Waals surface area contributed by atoms with Crippen molar-refractivity contribution >= 4 is 23.6 Å². The number of halogens is 1. The number of benzene rings is 1. The molecular formula is C17H17FN4O4. The second kappa shape index (κ2) is 6.87. The largest absolute Gasteiger partial charge is 0.442 e. The first-order chi connectivity index (χ1) is 12.3. The van der Waals surface area contributed by atoms with Gasteiger partial charge in [0.1, 0.15) is 11.9 Å². The predicted molar refractivity (Wildman–Crippen MR) is 90.5 cm³/mol. The molecule has 3 N–H and O–H groups in total. The lowest BCUT2D eigenvalue weighted by atomic mass is 10.2. The number of amides is 3. The third-order valence-corrected chi connectivity index (χ3v) is 3.95. The van der Waals surface area contributed by atoms with Crippen molar-refractivity contribution in [2.45, 2.75) is 13.0 Å². The Bertz CT molecular complexity index is 879. The molecule has 2 heterocycles. The molecule has 2 aromatic rings. The number of nitrogens with zero attached hydrogens (tertiary/aromatic N) is 2. The number of anilines is 1. The number of primary amides is 1. The number of rotatable bonds is 5. The van der Waals surface area contributed by atoms with Crippen LogP contribution in [0.2, 0.25) is 0 Å². The van der Waals surface area contributed by atoms with Gasteiger partial charge in [0.15, 0.2) is 0 Å². The normalized spacial score (nSPS) is 16.5. The maximum atomic E-state index is 14.5. The van der Waals surface area contributed by atoms with E-state index in [0.717, 1.165) is 0 Å². The highest BCUT2D eigenvalue weighted by Crippen LogP contribution is 2.25. The van der Waals surface area contributed by atoms with Crippen LogP contribution in [-0.4, -0.2) is 41.7 Å². The molecule has 3 amide bonds. The van der Waals surface area contributed by atoms with Crippen LogP contribution in [0.4, 0.5) is 14.9 Å². The van der Waals surface area contributed by atoms with Gasteiger partial charge in [-0.15, -0.1) is 0 Å². The van der Waals surface area contributed by atoms with Gasteiger partial charge in [-0.3, -0.25) is 14.5 Å². The summed E-state index contributed by atoms with van der Waals surface area (Å²) in [5, 5.41) is 2.58. The van der Waals surface area contributed by atoms with E-state index >= 15 is 0 Å². The Morgan fingerprint density at radius 2 is 2.15 bits per heavy atom. The van der Waals surface area contributed by atoms with Crippen LogP contribution in [-0.2, 0) is 9.53 Å². The van der Waals surface area contributed by atoms with Crippen LogP contribution >= 0.6 is 0 Å². The van der Waals surface area contributed by atoms with Crippen molar-refractivity contribution < 1.29 is 23.5 Å². The van der Waals surface area contributed by atoms with Gasteiger partial charge in [-0.1, -0.05) is 0 Å². The second-order valence-electron chi connectivity index (χ2n) is 5.86. The molecular weight excluding hydrogens is 343 g/mol. The summed E-state index contributed by atoms with van der Waals surface area (Å²) in [6.07, 6.45) is 1.83. The molecule has 0 radical (unpaired) electrons. The zero-order valence-electron chi connectivity index (χ0n) is 13.9. The minimum Gasteiger partial charge on any atom is -0.442 e. The van der Waals surface area contributed by atoms with E-state index in [2.05, 4.69) is 5.32 Å². The topological polar surface area (TPSA) is 107 Å². The first-order valence-electron chi connectivity index (χ1n) is 7.85. The highest BCUT2D eigenvalue weighted by molar-refractivity contribution is 5.92. The van der Waals surface area contributed by atoms with Gasteiger partial charge in [-0.2, -0.15) is 0 Å². The average molecular weight is 360 g/mol. The number of aromatic nitrogens is 1. The van der Waals surface area contributed by atoms with Crippen molar-refractivity contribution in [3.63, 3.8) is 0 Å². The number of carbonyl (C=O) groups excluding carboxylic acids is 3. The number of hydrogen-bond acceptors (Lipinski definition) is 4. The molecule has 0 aliphatic carbocycles. The molecule has 1 fully saturated rings. The SMILES string of the molecule is CC(=O)NC[C@H]1CN(c2ccc(-n3ccc(C(N)=O)c3)c(F)c2)C(=O)O1. The van der Waals surface area contributed by atoms with E-state index in [0.29, 0.717) is 5.69 Å². The maximum Gasteiger partial charge on any atom is 0.414 e. The minimum absolute atomic E-state index is 0.192. The molecule has 0 saturated carbocycles. The standard InChI is InChI=1S/C17H17FN4O4/c1-10(23)20-7-13-9-22(17(25)26-13)12-2-3-15(14(18)6-12)21-5-4-11(8-21)16(19)24/h2-6,8,13H,7,9H2,1H3,(H2,19,24)(H,20,23)/t13-/m0/s1. The Labute approximate surface area is 148 Å². The number of cyclic esters (lactones) is 1. The Hall–Kier alpha value is -3.36. The molecule has 1 aliphatic heterocycles. The molecule has 0 spiro atoms. The molecule has 26 heavy (non-hydrogen) atoms. The van der Waals surface area contributed by atoms with E-state index < -0.39 is 23.9 Å². The second-order valence-corrected chi connectivity index (χ2v) is 5.86. The summed E-state index contributed by atoms with van der Waals surface area (Å²) in [6, 6.07) is 5.76. The Morgan fingerprint density at radius 1 is 1.38 bits per heavy atom. The Kier molecular flexibility index (Phi) is 4.61. The van der Waals surface area contributed by atoms with Crippen molar-refractivity contribution in [3.05, 3.63) is 48.0 Å². The number of hydrogen-bond donors (Lipinski definition) is 2. The molecule has 9 heteroatoms. The fraction of sp³-hybridized carbons (Fsp3) is 0.235. The van der Waals surface area contributed by atoms with Crippen molar-refractivity contribution in [3.8, 4) is 5.69 Å². The van der Waals surface area contributed by atoms with Gasteiger partial charge in [-0.05, 0) is 24.3 Å². The third-order valence-electron chi connectivity index (χ3n) is 3.95. The molecule has 1 aromatic carbocycles. The van der Waals surface area contributed by atoms with Gasteiger partial charge in [0, 0.05) is 19.3 Å².